The van der Waals surface area contributed by atoms with Crippen LogP contribution in [0.5, 0.6) is 0 Å². The van der Waals surface area contributed by atoms with Crippen molar-refractivity contribution >= 4 is 12.1 Å². The molecule has 31 heavy (non-hydrogen) atoms. The fourth-order valence-electron chi connectivity index (χ4n) is 3.79. The highest BCUT2D eigenvalue weighted by Crippen LogP contribution is 2.44. The number of aliphatic hydroxyl groups excluding tert-OH is 1. The van der Waals surface area contributed by atoms with Crippen molar-refractivity contribution in [3.8, 4) is 11.1 Å². The highest BCUT2D eigenvalue weighted by Gasteiger charge is 2.29. The minimum atomic E-state index is -1.20. The molecule has 0 radical (unpaired) electrons. The summed E-state index contributed by atoms with van der Waals surface area (Å²) >= 11 is 0. The van der Waals surface area contributed by atoms with Gasteiger partial charge >= 0.3 is 12.1 Å². The Hall–Kier alpha value is -3.64. The van der Waals surface area contributed by atoms with E-state index in [0.29, 0.717) is 0 Å². The van der Waals surface area contributed by atoms with Crippen LogP contribution in [-0.4, -0.2) is 36.4 Å². The monoisotopic (exact) mass is 417 g/mol. The van der Waals surface area contributed by atoms with Gasteiger partial charge in [0.2, 0.25) is 0 Å². The molecule has 0 heterocycles. The molecular formula is C25H23NO5. The van der Waals surface area contributed by atoms with Gasteiger partial charge in [0.05, 0.1) is 6.61 Å². The summed E-state index contributed by atoms with van der Waals surface area (Å²) < 4.78 is 10.6. The van der Waals surface area contributed by atoms with Crippen LogP contribution in [0.15, 0.2) is 78.9 Å². The Morgan fingerprint density at radius 1 is 0.839 bits per heavy atom. The molecule has 6 nitrogen and oxygen atoms in total. The van der Waals surface area contributed by atoms with Gasteiger partial charge < -0.3 is 19.9 Å². The molecule has 0 fully saturated rings. The third-order valence-corrected chi connectivity index (χ3v) is 5.33. The Labute approximate surface area is 180 Å². The molecule has 158 valence electrons. The second kappa shape index (κ2) is 9.45. The average molecular weight is 417 g/mol. The molecule has 1 aliphatic rings. The summed E-state index contributed by atoms with van der Waals surface area (Å²) in [5.41, 5.74) is 5.26. The van der Waals surface area contributed by atoms with Crippen LogP contribution in [0.3, 0.4) is 0 Å². The third-order valence-electron chi connectivity index (χ3n) is 5.33. The summed E-state index contributed by atoms with van der Waals surface area (Å²) in [5, 5.41) is 11.9. The topological polar surface area (TPSA) is 84.9 Å². The summed E-state index contributed by atoms with van der Waals surface area (Å²) in [6, 6.07) is 24.0. The van der Waals surface area contributed by atoms with Gasteiger partial charge in [0.15, 0.2) is 6.04 Å². The number of carbonyl (C=O) groups excluding carboxylic acids is 2. The minimum Gasteiger partial charge on any atom is -0.459 e. The molecule has 6 heteroatoms. The molecule has 0 aliphatic heterocycles. The zero-order chi connectivity index (χ0) is 21.6. The normalized spacial score (nSPS) is 13.1. The van der Waals surface area contributed by atoms with Gasteiger partial charge in [-0.05, 0) is 27.8 Å². The van der Waals surface area contributed by atoms with E-state index in [2.05, 4.69) is 17.4 Å². The lowest BCUT2D eigenvalue weighted by Gasteiger charge is -2.18. The molecule has 2 N–H and O–H groups in total. The summed E-state index contributed by atoms with van der Waals surface area (Å²) in [6.07, 6.45) is -0.780. The largest absolute Gasteiger partial charge is 0.459 e. The number of benzene rings is 3. The van der Waals surface area contributed by atoms with Crippen LogP contribution in [-0.2, 0) is 20.9 Å². The van der Waals surface area contributed by atoms with Gasteiger partial charge in [0.25, 0.3) is 0 Å². The van der Waals surface area contributed by atoms with Crippen LogP contribution < -0.4 is 5.32 Å². The van der Waals surface area contributed by atoms with Crippen molar-refractivity contribution in [2.75, 3.05) is 13.2 Å². The van der Waals surface area contributed by atoms with Gasteiger partial charge in [-0.15, -0.1) is 0 Å². The highest BCUT2D eigenvalue weighted by molar-refractivity contribution is 5.82. The maximum absolute atomic E-state index is 12.3. The molecule has 3 aromatic rings. The first kappa shape index (κ1) is 20.6. The molecule has 4 rings (SSSR count). The Morgan fingerprint density at radius 3 is 2.03 bits per heavy atom. The van der Waals surface area contributed by atoms with Gasteiger partial charge in [-0.25, -0.2) is 9.59 Å². The smallest absolute Gasteiger partial charge is 0.407 e. The summed E-state index contributed by atoms with van der Waals surface area (Å²) in [5.74, 6) is -0.810. The van der Waals surface area contributed by atoms with Crippen molar-refractivity contribution in [2.45, 2.75) is 18.6 Å². The van der Waals surface area contributed by atoms with Crippen molar-refractivity contribution in [2.24, 2.45) is 0 Å². The fourth-order valence-corrected chi connectivity index (χ4v) is 3.79. The standard InChI is InChI=1S/C25H23NO5/c27-14-23(24(28)30-15-17-8-2-1-3-9-17)26-25(29)31-16-22-20-12-6-4-10-18(20)19-11-5-7-13-21(19)22/h1-13,22-23,27H,14-16H2,(H,26,29)/t23-/m0/s1. The molecule has 0 bridgehead atoms. The third kappa shape index (κ3) is 4.59. The average Bonchev–Trinajstić information content (AvgIpc) is 3.14. The van der Waals surface area contributed by atoms with E-state index in [1.807, 2.05) is 66.7 Å². The summed E-state index contributed by atoms with van der Waals surface area (Å²) in [6.45, 7) is -0.405. The number of fused-ring (bicyclic) bond motifs is 3. The van der Waals surface area contributed by atoms with E-state index in [1.54, 1.807) is 0 Å². The maximum atomic E-state index is 12.3. The Morgan fingerprint density at radius 2 is 1.42 bits per heavy atom. The first-order valence-electron chi connectivity index (χ1n) is 10.1. The molecule has 3 aromatic carbocycles. The first-order chi connectivity index (χ1) is 15.2. The molecule has 1 amide bonds. The lowest BCUT2D eigenvalue weighted by molar-refractivity contribution is -0.148. The van der Waals surface area contributed by atoms with Crippen molar-refractivity contribution in [3.63, 3.8) is 0 Å². The zero-order valence-corrected chi connectivity index (χ0v) is 16.9. The van der Waals surface area contributed by atoms with Crippen molar-refractivity contribution < 1.29 is 24.2 Å². The second-order valence-corrected chi connectivity index (χ2v) is 7.30. The van der Waals surface area contributed by atoms with Crippen LogP contribution in [0.25, 0.3) is 11.1 Å². The highest BCUT2D eigenvalue weighted by atomic mass is 16.6. The number of alkyl carbamates (subject to hydrolysis) is 1. The lowest BCUT2D eigenvalue weighted by atomic mass is 9.98. The van der Waals surface area contributed by atoms with Gasteiger partial charge in [-0.3, -0.25) is 0 Å². The van der Waals surface area contributed by atoms with Crippen LogP contribution in [0.1, 0.15) is 22.6 Å². The van der Waals surface area contributed by atoms with E-state index in [4.69, 9.17) is 9.47 Å². The Kier molecular flexibility index (Phi) is 6.29. The fraction of sp³-hybridized carbons (Fsp3) is 0.200. The predicted octanol–water partition coefficient (Wildman–Crippen LogP) is 3.63. The van der Waals surface area contributed by atoms with Crippen LogP contribution in [0, 0.1) is 0 Å². The van der Waals surface area contributed by atoms with E-state index in [-0.39, 0.29) is 19.1 Å². The number of hydrogen-bond acceptors (Lipinski definition) is 5. The quantitative estimate of drug-likeness (QED) is 0.574. The van der Waals surface area contributed by atoms with Crippen LogP contribution in [0.2, 0.25) is 0 Å². The van der Waals surface area contributed by atoms with E-state index in [9.17, 15) is 14.7 Å². The number of amides is 1. The first-order valence-corrected chi connectivity index (χ1v) is 10.1. The molecule has 0 spiro atoms. The van der Waals surface area contributed by atoms with Crippen molar-refractivity contribution in [3.05, 3.63) is 95.6 Å². The van der Waals surface area contributed by atoms with E-state index in [0.717, 1.165) is 27.8 Å². The van der Waals surface area contributed by atoms with Crippen molar-refractivity contribution in [1.29, 1.82) is 0 Å². The van der Waals surface area contributed by atoms with Gasteiger partial charge in [0.1, 0.15) is 13.2 Å². The number of aliphatic hydroxyl groups is 1. The molecule has 1 atom stereocenters. The molecule has 0 aromatic heterocycles. The molecule has 0 saturated carbocycles. The van der Waals surface area contributed by atoms with Gasteiger partial charge in [-0.2, -0.15) is 0 Å². The number of hydrogen-bond donors (Lipinski definition) is 2. The van der Waals surface area contributed by atoms with E-state index in [1.165, 1.54) is 0 Å². The second-order valence-electron chi connectivity index (χ2n) is 7.30. The molecule has 0 unspecified atom stereocenters. The van der Waals surface area contributed by atoms with E-state index >= 15 is 0 Å². The molecular weight excluding hydrogens is 394 g/mol. The predicted molar refractivity (Wildman–Crippen MR) is 115 cm³/mol. The Balaban J connectivity index is 1.35. The Bertz CT molecular complexity index is 1020. The number of rotatable bonds is 7. The summed E-state index contributed by atoms with van der Waals surface area (Å²) in [4.78, 5) is 24.5. The van der Waals surface area contributed by atoms with Crippen molar-refractivity contribution in [1.82, 2.24) is 5.32 Å². The van der Waals surface area contributed by atoms with Gasteiger partial charge in [0, 0.05) is 5.92 Å². The number of esters is 1. The number of carbonyl (C=O) groups is 2. The molecule has 0 saturated heterocycles. The van der Waals surface area contributed by atoms with Crippen LogP contribution in [0.4, 0.5) is 4.79 Å². The van der Waals surface area contributed by atoms with E-state index < -0.39 is 24.7 Å². The number of ether oxygens (including phenoxy) is 2. The summed E-state index contributed by atoms with van der Waals surface area (Å²) in [7, 11) is 0. The zero-order valence-electron chi connectivity index (χ0n) is 16.9. The van der Waals surface area contributed by atoms with Gasteiger partial charge in [-0.1, -0.05) is 78.9 Å². The SMILES string of the molecule is O=C(N[C@@H](CO)C(=O)OCc1ccccc1)OCC1c2ccccc2-c2ccccc21. The maximum Gasteiger partial charge on any atom is 0.407 e. The number of nitrogens with one attached hydrogen (secondary N) is 1. The minimum absolute atomic E-state index is 0.0581. The van der Waals surface area contributed by atoms with Crippen LogP contribution >= 0.6 is 0 Å². The lowest BCUT2D eigenvalue weighted by Crippen LogP contribution is -2.44. The molecule has 1 aliphatic carbocycles.